The smallest absolute Gasteiger partial charge is 0.186 e. The van der Waals surface area contributed by atoms with Gasteiger partial charge < -0.3 is 15.0 Å². The number of nitrogens with one attached hydrogen (secondary N) is 1. The van der Waals surface area contributed by atoms with Crippen LogP contribution in [-0.2, 0) is 4.74 Å². The summed E-state index contributed by atoms with van der Waals surface area (Å²) < 4.78 is 20.0. The van der Waals surface area contributed by atoms with Crippen LogP contribution in [-0.4, -0.2) is 37.3 Å². The van der Waals surface area contributed by atoms with Gasteiger partial charge in [-0.2, -0.15) is 0 Å². The molecule has 0 aliphatic carbocycles. The van der Waals surface area contributed by atoms with Crippen molar-refractivity contribution in [2.45, 2.75) is 32.5 Å². The quantitative estimate of drug-likeness (QED) is 0.854. The van der Waals surface area contributed by atoms with Crippen LogP contribution in [0.25, 0.3) is 11.3 Å². The average Bonchev–Trinajstić information content (AvgIpc) is 3.16. The molecule has 3 heterocycles. The number of fused-ring (bicyclic) bond motifs is 2. The van der Waals surface area contributed by atoms with Crippen molar-refractivity contribution < 1.29 is 9.13 Å². The summed E-state index contributed by atoms with van der Waals surface area (Å²) in [6.07, 6.45) is 2.90. The van der Waals surface area contributed by atoms with Gasteiger partial charge in [0, 0.05) is 31.1 Å². The fourth-order valence-electron chi connectivity index (χ4n) is 3.31. The minimum atomic E-state index is -0.439. The standard InChI is InChI=1S/C16H17ClFN3OS.CH4/c1-19-15-11(4-5-12(17)14(15)18)13-8-23-16(20-13)21-6-9-2-3-10(7-21)22-9;/h4-5,8-10,19H,2-3,6-7H2,1H3;1H4. The van der Waals surface area contributed by atoms with Crippen LogP contribution >= 0.6 is 22.9 Å². The summed E-state index contributed by atoms with van der Waals surface area (Å²) in [7, 11) is 1.69. The second-order valence-electron chi connectivity index (χ2n) is 5.91. The molecule has 0 radical (unpaired) electrons. The Hall–Kier alpha value is -1.37. The van der Waals surface area contributed by atoms with Crippen molar-refractivity contribution in [2.75, 3.05) is 30.4 Å². The molecule has 1 aromatic heterocycles. The molecule has 4 rings (SSSR count). The third kappa shape index (κ3) is 2.98. The molecule has 2 fully saturated rings. The normalized spacial score (nSPS) is 22.4. The van der Waals surface area contributed by atoms with E-state index in [0.29, 0.717) is 17.9 Å². The van der Waals surface area contributed by atoms with E-state index >= 15 is 0 Å². The van der Waals surface area contributed by atoms with Gasteiger partial charge in [0.15, 0.2) is 10.9 Å². The summed E-state index contributed by atoms with van der Waals surface area (Å²) in [4.78, 5) is 7.00. The number of morpholine rings is 1. The molecule has 2 saturated heterocycles. The molecular weight excluding hydrogens is 349 g/mol. The highest BCUT2D eigenvalue weighted by atomic mass is 35.5. The molecular formula is C17H21ClFN3OS. The van der Waals surface area contributed by atoms with Crippen LogP contribution in [0.2, 0.25) is 5.02 Å². The molecule has 2 aromatic rings. The van der Waals surface area contributed by atoms with Gasteiger partial charge >= 0.3 is 0 Å². The molecule has 7 heteroatoms. The van der Waals surface area contributed by atoms with E-state index in [1.54, 1.807) is 30.5 Å². The summed E-state index contributed by atoms with van der Waals surface area (Å²) >= 11 is 7.45. The van der Waals surface area contributed by atoms with Crippen molar-refractivity contribution >= 4 is 33.8 Å². The Kier molecular flexibility index (Phi) is 4.99. The SMILES string of the molecule is C.CNc1c(-c2csc(N3CC4CCC(C3)O4)n2)ccc(Cl)c1F. The monoisotopic (exact) mass is 369 g/mol. The second kappa shape index (κ2) is 6.86. The van der Waals surface area contributed by atoms with E-state index in [1.165, 1.54) is 0 Å². The third-order valence-electron chi connectivity index (χ3n) is 4.43. The fourth-order valence-corrected chi connectivity index (χ4v) is 4.32. The number of anilines is 2. The minimum absolute atomic E-state index is 0. The Morgan fingerprint density at radius 1 is 1.33 bits per heavy atom. The van der Waals surface area contributed by atoms with Crippen LogP contribution in [0.15, 0.2) is 17.5 Å². The van der Waals surface area contributed by atoms with Gasteiger partial charge in [0.05, 0.1) is 28.6 Å². The Morgan fingerprint density at radius 2 is 2.04 bits per heavy atom. The molecule has 2 unspecified atom stereocenters. The maximum absolute atomic E-state index is 14.2. The van der Waals surface area contributed by atoms with Gasteiger partial charge in [-0.25, -0.2) is 9.37 Å². The number of rotatable bonds is 3. The zero-order valence-corrected chi connectivity index (χ0v) is 14.3. The van der Waals surface area contributed by atoms with Gasteiger partial charge in [-0.1, -0.05) is 19.0 Å². The molecule has 0 amide bonds. The molecule has 1 N–H and O–H groups in total. The lowest BCUT2D eigenvalue weighted by molar-refractivity contribution is 0.0305. The number of thiazole rings is 1. The lowest BCUT2D eigenvalue weighted by Gasteiger charge is -2.31. The zero-order valence-electron chi connectivity index (χ0n) is 12.7. The van der Waals surface area contributed by atoms with E-state index < -0.39 is 5.82 Å². The predicted octanol–water partition coefficient (Wildman–Crippen LogP) is 4.65. The lowest BCUT2D eigenvalue weighted by atomic mass is 10.1. The highest BCUT2D eigenvalue weighted by molar-refractivity contribution is 7.14. The van der Waals surface area contributed by atoms with Gasteiger partial charge in [0.2, 0.25) is 0 Å². The number of benzene rings is 1. The first-order valence-electron chi connectivity index (χ1n) is 7.67. The molecule has 4 nitrogen and oxygen atoms in total. The minimum Gasteiger partial charge on any atom is -0.385 e. The summed E-state index contributed by atoms with van der Waals surface area (Å²) in [6, 6.07) is 3.38. The molecule has 130 valence electrons. The number of hydrogen-bond donors (Lipinski definition) is 1. The number of ether oxygens (including phenoxy) is 1. The van der Waals surface area contributed by atoms with E-state index in [2.05, 4.69) is 10.2 Å². The van der Waals surface area contributed by atoms with Crippen molar-refractivity contribution in [3.8, 4) is 11.3 Å². The maximum atomic E-state index is 14.2. The van der Waals surface area contributed by atoms with E-state index in [4.69, 9.17) is 21.3 Å². The van der Waals surface area contributed by atoms with Crippen molar-refractivity contribution in [1.29, 1.82) is 0 Å². The summed E-state index contributed by atoms with van der Waals surface area (Å²) in [5.41, 5.74) is 1.88. The summed E-state index contributed by atoms with van der Waals surface area (Å²) in [6.45, 7) is 1.77. The number of hydrogen-bond acceptors (Lipinski definition) is 5. The van der Waals surface area contributed by atoms with Gasteiger partial charge in [0.25, 0.3) is 0 Å². The van der Waals surface area contributed by atoms with Gasteiger partial charge in [-0.3, -0.25) is 0 Å². The molecule has 2 aliphatic rings. The first-order chi connectivity index (χ1) is 11.2. The molecule has 0 spiro atoms. The van der Waals surface area contributed by atoms with Crippen LogP contribution in [0.3, 0.4) is 0 Å². The summed E-state index contributed by atoms with van der Waals surface area (Å²) in [5, 5.41) is 5.94. The highest BCUT2D eigenvalue weighted by Gasteiger charge is 2.34. The summed E-state index contributed by atoms with van der Waals surface area (Å²) in [5.74, 6) is -0.439. The van der Waals surface area contributed by atoms with Crippen LogP contribution in [0.1, 0.15) is 20.3 Å². The second-order valence-corrected chi connectivity index (χ2v) is 7.16. The number of nitrogens with zero attached hydrogens (tertiary/aromatic N) is 2. The Morgan fingerprint density at radius 3 is 2.71 bits per heavy atom. The van der Waals surface area contributed by atoms with E-state index in [1.807, 2.05) is 5.38 Å². The first-order valence-corrected chi connectivity index (χ1v) is 8.93. The zero-order chi connectivity index (χ0) is 16.0. The lowest BCUT2D eigenvalue weighted by Crippen LogP contribution is -2.42. The number of halogens is 2. The van der Waals surface area contributed by atoms with Gasteiger partial charge in [-0.05, 0) is 25.0 Å². The van der Waals surface area contributed by atoms with Gasteiger partial charge in [0.1, 0.15) is 0 Å². The van der Waals surface area contributed by atoms with Crippen molar-refractivity contribution in [3.63, 3.8) is 0 Å². The number of aromatic nitrogens is 1. The Labute approximate surface area is 150 Å². The van der Waals surface area contributed by atoms with Crippen LogP contribution in [0.4, 0.5) is 15.2 Å². The topological polar surface area (TPSA) is 37.4 Å². The van der Waals surface area contributed by atoms with Crippen LogP contribution in [0.5, 0.6) is 0 Å². The Balaban J connectivity index is 0.00000169. The molecule has 1 aromatic carbocycles. The molecule has 2 bridgehead atoms. The predicted molar refractivity (Wildman–Crippen MR) is 98.9 cm³/mol. The molecule has 24 heavy (non-hydrogen) atoms. The van der Waals surface area contributed by atoms with E-state index in [-0.39, 0.29) is 12.4 Å². The van der Waals surface area contributed by atoms with Crippen molar-refractivity contribution in [3.05, 3.63) is 28.4 Å². The van der Waals surface area contributed by atoms with Crippen molar-refractivity contribution in [1.82, 2.24) is 4.98 Å². The third-order valence-corrected chi connectivity index (χ3v) is 5.62. The fraction of sp³-hybridized carbons (Fsp3) is 0.471. The first kappa shape index (κ1) is 17.5. The molecule has 2 aliphatic heterocycles. The Bertz CT molecular complexity index is 727. The van der Waals surface area contributed by atoms with Crippen LogP contribution < -0.4 is 10.2 Å². The molecule has 2 atom stereocenters. The van der Waals surface area contributed by atoms with Crippen LogP contribution in [0, 0.1) is 5.82 Å². The average molecular weight is 370 g/mol. The van der Waals surface area contributed by atoms with E-state index in [0.717, 1.165) is 42.3 Å². The highest BCUT2D eigenvalue weighted by Crippen LogP contribution is 2.37. The molecule has 0 saturated carbocycles. The maximum Gasteiger partial charge on any atom is 0.186 e. The van der Waals surface area contributed by atoms with Crippen molar-refractivity contribution in [2.24, 2.45) is 0 Å². The van der Waals surface area contributed by atoms with E-state index in [9.17, 15) is 4.39 Å². The largest absolute Gasteiger partial charge is 0.385 e. The van der Waals surface area contributed by atoms with Gasteiger partial charge in [-0.15, -0.1) is 11.3 Å².